The van der Waals surface area contributed by atoms with Crippen molar-refractivity contribution < 1.29 is 27.8 Å². The molecular weight excluding hydrogens is 298 g/mol. The van der Waals surface area contributed by atoms with Crippen molar-refractivity contribution in [2.75, 3.05) is 40.5 Å². The highest BCUT2D eigenvalue weighted by Gasteiger charge is 2.24. The van der Waals surface area contributed by atoms with Crippen LogP contribution >= 0.6 is 0 Å². The minimum atomic E-state index is -3.71. The van der Waals surface area contributed by atoms with Crippen LogP contribution in [-0.4, -0.2) is 64.3 Å². The van der Waals surface area contributed by atoms with E-state index in [0.717, 1.165) is 0 Å². The Morgan fingerprint density at radius 2 is 1.57 bits per heavy atom. The molecule has 21 heavy (non-hydrogen) atoms. The maximum Gasteiger partial charge on any atom is 0.335 e. The van der Waals surface area contributed by atoms with Gasteiger partial charge in [0, 0.05) is 27.3 Å². The van der Waals surface area contributed by atoms with Crippen LogP contribution in [0.3, 0.4) is 0 Å². The molecule has 118 valence electrons. The predicted octanol–water partition coefficient (Wildman–Crippen LogP) is 0.668. The molecule has 0 unspecified atom stereocenters. The third-order valence-electron chi connectivity index (χ3n) is 2.83. The summed E-state index contributed by atoms with van der Waals surface area (Å²) in [5.41, 5.74) is 0.0364. The summed E-state index contributed by atoms with van der Waals surface area (Å²) in [5.74, 6) is -1.10. The molecule has 0 saturated carbocycles. The van der Waals surface area contributed by atoms with Crippen molar-refractivity contribution in [2.45, 2.75) is 4.90 Å². The number of carboxylic acid groups (broad SMARTS) is 1. The Balaban J connectivity index is 3.00. The number of hydrogen-bond donors (Lipinski definition) is 1. The zero-order valence-electron chi connectivity index (χ0n) is 12.0. The molecular formula is C13H19NO6S. The van der Waals surface area contributed by atoms with Gasteiger partial charge in [0.1, 0.15) is 0 Å². The van der Waals surface area contributed by atoms with Crippen LogP contribution in [0.2, 0.25) is 0 Å². The molecule has 0 aliphatic rings. The van der Waals surface area contributed by atoms with Crippen molar-refractivity contribution in [3.05, 3.63) is 29.8 Å². The summed E-state index contributed by atoms with van der Waals surface area (Å²) in [7, 11) is -0.730. The first-order valence-corrected chi connectivity index (χ1v) is 7.69. The van der Waals surface area contributed by atoms with E-state index in [1.165, 1.54) is 42.8 Å². The van der Waals surface area contributed by atoms with Gasteiger partial charge in [0.25, 0.3) is 0 Å². The molecule has 0 radical (unpaired) electrons. The van der Waals surface area contributed by atoms with Crippen molar-refractivity contribution in [3.8, 4) is 0 Å². The van der Waals surface area contributed by atoms with Gasteiger partial charge in [0.05, 0.1) is 23.7 Å². The first kappa shape index (κ1) is 17.6. The van der Waals surface area contributed by atoms with Crippen LogP contribution in [0.1, 0.15) is 10.4 Å². The molecule has 0 amide bonds. The number of nitrogens with zero attached hydrogens (tertiary/aromatic N) is 1. The molecule has 0 saturated heterocycles. The zero-order valence-corrected chi connectivity index (χ0v) is 12.8. The monoisotopic (exact) mass is 317 g/mol. The molecule has 1 rings (SSSR count). The van der Waals surface area contributed by atoms with Gasteiger partial charge >= 0.3 is 5.97 Å². The molecule has 0 aromatic heterocycles. The Morgan fingerprint density at radius 3 is 1.95 bits per heavy atom. The first-order chi connectivity index (χ1) is 9.93. The molecule has 7 nitrogen and oxygen atoms in total. The fourth-order valence-electron chi connectivity index (χ4n) is 1.66. The predicted molar refractivity (Wildman–Crippen MR) is 75.9 cm³/mol. The van der Waals surface area contributed by atoms with E-state index in [4.69, 9.17) is 14.6 Å². The molecule has 0 aliphatic heterocycles. The molecule has 1 N–H and O–H groups in total. The highest BCUT2D eigenvalue weighted by atomic mass is 32.2. The minimum absolute atomic E-state index is 0.0364. The number of carbonyl (C=O) groups is 1. The summed E-state index contributed by atoms with van der Waals surface area (Å²) >= 11 is 0. The molecule has 8 heteroatoms. The van der Waals surface area contributed by atoms with Crippen LogP contribution in [0, 0.1) is 0 Å². The van der Waals surface area contributed by atoms with Crippen molar-refractivity contribution >= 4 is 16.0 Å². The van der Waals surface area contributed by atoms with Crippen LogP contribution in [0.5, 0.6) is 0 Å². The lowest BCUT2D eigenvalue weighted by atomic mass is 10.2. The van der Waals surface area contributed by atoms with Crippen LogP contribution in [-0.2, 0) is 19.5 Å². The molecule has 0 atom stereocenters. The van der Waals surface area contributed by atoms with Crippen LogP contribution in [0.4, 0.5) is 0 Å². The van der Waals surface area contributed by atoms with E-state index in [1.54, 1.807) is 0 Å². The summed E-state index contributed by atoms with van der Waals surface area (Å²) in [5, 5.41) is 8.83. The van der Waals surface area contributed by atoms with E-state index in [9.17, 15) is 13.2 Å². The lowest BCUT2D eigenvalue weighted by molar-refractivity contribution is 0.0696. The number of methoxy groups -OCH3 is 2. The number of aromatic carboxylic acids is 1. The van der Waals surface area contributed by atoms with Gasteiger partial charge in [-0.2, -0.15) is 4.31 Å². The van der Waals surface area contributed by atoms with Gasteiger partial charge in [-0.25, -0.2) is 13.2 Å². The van der Waals surface area contributed by atoms with E-state index in [2.05, 4.69) is 0 Å². The first-order valence-electron chi connectivity index (χ1n) is 6.25. The average Bonchev–Trinajstić information content (AvgIpc) is 2.47. The van der Waals surface area contributed by atoms with Gasteiger partial charge in [0.2, 0.25) is 10.0 Å². The highest BCUT2D eigenvalue weighted by Crippen LogP contribution is 2.16. The summed E-state index contributed by atoms with van der Waals surface area (Å²) in [6.07, 6.45) is 0. The second-order valence-electron chi connectivity index (χ2n) is 4.22. The topological polar surface area (TPSA) is 93.1 Å². The normalized spacial score (nSPS) is 11.8. The highest BCUT2D eigenvalue weighted by molar-refractivity contribution is 7.89. The van der Waals surface area contributed by atoms with E-state index in [-0.39, 0.29) is 36.8 Å². The average molecular weight is 317 g/mol. The van der Waals surface area contributed by atoms with Gasteiger partial charge in [-0.15, -0.1) is 0 Å². The lowest BCUT2D eigenvalue weighted by Gasteiger charge is -2.21. The second-order valence-corrected chi connectivity index (χ2v) is 6.16. The Morgan fingerprint density at radius 1 is 1.10 bits per heavy atom. The molecule has 1 aromatic rings. The number of sulfonamides is 1. The van der Waals surface area contributed by atoms with Crippen molar-refractivity contribution in [1.29, 1.82) is 0 Å². The Kier molecular flexibility index (Phi) is 6.76. The van der Waals surface area contributed by atoms with E-state index in [0.29, 0.717) is 0 Å². The summed E-state index contributed by atoms with van der Waals surface area (Å²) in [6, 6.07) is 5.09. The zero-order chi connectivity index (χ0) is 15.9. The molecule has 0 bridgehead atoms. The van der Waals surface area contributed by atoms with Gasteiger partial charge in [-0.05, 0) is 24.3 Å². The molecule has 0 aliphatic carbocycles. The standard InChI is InChI=1S/C13H19NO6S/c1-19-9-7-14(8-10-20-2)21(17,18)12-5-3-11(4-6-12)13(15)16/h3-6H,7-10H2,1-2H3,(H,15,16). The van der Waals surface area contributed by atoms with Crippen LogP contribution < -0.4 is 0 Å². The largest absolute Gasteiger partial charge is 0.478 e. The van der Waals surface area contributed by atoms with Crippen LogP contribution in [0.25, 0.3) is 0 Å². The Bertz CT molecular complexity index is 547. The maximum absolute atomic E-state index is 12.5. The van der Waals surface area contributed by atoms with Crippen molar-refractivity contribution in [3.63, 3.8) is 0 Å². The van der Waals surface area contributed by atoms with Gasteiger partial charge < -0.3 is 14.6 Å². The van der Waals surface area contributed by atoms with Crippen LogP contribution in [0.15, 0.2) is 29.2 Å². The molecule has 1 aromatic carbocycles. The Labute approximate surface area is 124 Å². The maximum atomic E-state index is 12.5. The minimum Gasteiger partial charge on any atom is -0.478 e. The number of carboxylic acids is 1. The third-order valence-corrected chi connectivity index (χ3v) is 4.74. The van der Waals surface area contributed by atoms with Gasteiger partial charge in [-0.3, -0.25) is 0 Å². The lowest BCUT2D eigenvalue weighted by Crippen LogP contribution is -2.36. The molecule has 0 heterocycles. The second kappa shape index (κ2) is 8.08. The van der Waals surface area contributed by atoms with Crippen molar-refractivity contribution in [1.82, 2.24) is 4.31 Å². The Hall–Kier alpha value is -1.48. The smallest absolute Gasteiger partial charge is 0.335 e. The third kappa shape index (κ3) is 4.78. The quantitative estimate of drug-likeness (QED) is 0.719. The van der Waals surface area contributed by atoms with Crippen molar-refractivity contribution in [2.24, 2.45) is 0 Å². The van der Waals surface area contributed by atoms with Gasteiger partial charge in [0.15, 0.2) is 0 Å². The number of hydrogen-bond acceptors (Lipinski definition) is 5. The van der Waals surface area contributed by atoms with Gasteiger partial charge in [-0.1, -0.05) is 0 Å². The fraction of sp³-hybridized carbons (Fsp3) is 0.462. The SMILES string of the molecule is COCCN(CCOC)S(=O)(=O)c1ccc(C(=O)O)cc1. The summed E-state index contributed by atoms with van der Waals surface area (Å²) < 4.78 is 36.0. The van der Waals surface area contributed by atoms with E-state index < -0.39 is 16.0 Å². The number of ether oxygens (including phenoxy) is 2. The number of rotatable bonds is 9. The molecule has 0 spiro atoms. The fourth-order valence-corrected chi connectivity index (χ4v) is 3.06. The summed E-state index contributed by atoms with van der Waals surface area (Å²) in [6.45, 7) is 0.915. The summed E-state index contributed by atoms with van der Waals surface area (Å²) in [4.78, 5) is 10.8. The molecule has 0 fully saturated rings. The number of benzene rings is 1. The van der Waals surface area contributed by atoms with E-state index >= 15 is 0 Å². The van der Waals surface area contributed by atoms with E-state index in [1.807, 2.05) is 0 Å².